The van der Waals surface area contributed by atoms with E-state index in [4.69, 9.17) is 21.1 Å². The molecule has 0 aliphatic carbocycles. The number of hydrogen-bond donors (Lipinski definition) is 1. The average molecular weight is 347 g/mol. The molecule has 0 saturated heterocycles. The number of carbonyl (C=O) groups excluding carboxylic acids is 1. The summed E-state index contributed by atoms with van der Waals surface area (Å²) >= 11 is 5.77. The lowest BCUT2D eigenvalue weighted by Crippen LogP contribution is -2.24. The second-order valence-electron chi connectivity index (χ2n) is 4.95. The number of halogens is 1. The van der Waals surface area contributed by atoms with E-state index in [1.807, 2.05) is 24.3 Å². The normalized spacial score (nSPS) is 10.6. The zero-order valence-electron chi connectivity index (χ0n) is 13.4. The SMILES string of the molecule is CCCOc1ccc(C=NNC(=O)COc2ccc(Cl)cc2)cc1. The minimum absolute atomic E-state index is 0.122. The van der Waals surface area contributed by atoms with Gasteiger partial charge in [-0.25, -0.2) is 5.43 Å². The van der Waals surface area contributed by atoms with E-state index in [0.717, 1.165) is 17.7 Å². The molecule has 0 unspecified atom stereocenters. The highest BCUT2D eigenvalue weighted by Gasteiger charge is 2.01. The number of carbonyl (C=O) groups is 1. The topological polar surface area (TPSA) is 59.9 Å². The molecule has 24 heavy (non-hydrogen) atoms. The Hall–Kier alpha value is -2.53. The van der Waals surface area contributed by atoms with Crippen LogP contribution < -0.4 is 14.9 Å². The molecule has 1 amide bonds. The van der Waals surface area contributed by atoms with Crippen LogP contribution in [-0.4, -0.2) is 25.3 Å². The van der Waals surface area contributed by atoms with Gasteiger partial charge in [0.15, 0.2) is 6.61 Å². The van der Waals surface area contributed by atoms with Crippen molar-refractivity contribution >= 4 is 23.7 Å². The van der Waals surface area contributed by atoms with Gasteiger partial charge in [0.1, 0.15) is 11.5 Å². The van der Waals surface area contributed by atoms with Crippen molar-refractivity contribution in [2.45, 2.75) is 13.3 Å². The molecule has 0 heterocycles. The van der Waals surface area contributed by atoms with Crippen molar-refractivity contribution < 1.29 is 14.3 Å². The molecule has 5 nitrogen and oxygen atoms in total. The first-order chi connectivity index (χ1) is 11.7. The first kappa shape index (κ1) is 17.8. The molecule has 6 heteroatoms. The molecule has 2 rings (SSSR count). The van der Waals surface area contributed by atoms with E-state index in [1.165, 1.54) is 0 Å². The Morgan fingerprint density at radius 1 is 1.08 bits per heavy atom. The van der Waals surface area contributed by atoms with E-state index in [0.29, 0.717) is 17.4 Å². The van der Waals surface area contributed by atoms with Crippen LogP contribution in [0.15, 0.2) is 53.6 Å². The van der Waals surface area contributed by atoms with Gasteiger partial charge < -0.3 is 9.47 Å². The van der Waals surface area contributed by atoms with Crippen molar-refractivity contribution in [3.63, 3.8) is 0 Å². The van der Waals surface area contributed by atoms with Crippen molar-refractivity contribution in [1.29, 1.82) is 0 Å². The highest BCUT2D eigenvalue weighted by Crippen LogP contribution is 2.15. The van der Waals surface area contributed by atoms with Crippen molar-refractivity contribution in [2.75, 3.05) is 13.2 Å². The second kappa shape index (κ2) is 9.57. The van der Waals surface area contributed by atoms with Gasteiger partial charge in [-0.1, -0.05) is 18.5 Å². The maximum absolute atomic E-state index is 11.6. The van der Waals surface area contributed by atoms with Crippen molar-refractivity contribution in [1.82, 2.24) is 5.43 Å². The average Bonchev–Trinajstić information content (AvgIpc) is 2.60. The molecule has 0 aliphatic rings. The van der Waals surface area contributed by atoms with Gasteiger partial charge in [0.05, 0.1) is 12.8 Å². The second-order valence-corrected chi connectivity index (χ2v) is 5.39. The molecular formula is C18H19ClN2O3. The third-order valence-corrected chi connectivity index (χ3v) is 3.19. The van der Waals surface area contributed by atoms with Crippen LogP contribution in [0.4, 0.5) is 0 Å². The number of hydrogen-bond acceptors (Lipinski definition) is 4. The monoisotopic (exact) mass is 346 g/mol. The van der Waals surface area contributed by atoms with Gasteiger partial charge >= 0.3 is 0 Å². The van der Waals surface area contributed by atoms with E-state index in [-0.39, 0.29) is 12.5 Å². The summed E-state index contributed by atoms with van der Waals surface area (Å²) < 4.78 is 10.8. The summed E-state index contributed by atoms with van der Waals surface area (Å²) in [6, 6.07) is 14.2. The smallest absolute Gasteiger partial charge is 0.277 e. The predicted molar refractivity (Wildman–Crippen MR) is 94.9 cm³/mol. The Morgan fingerprint density at radius 3 is 2.38 bits per heavy atom. The van der Waals surface area contributed by atoms with Crippen LogP contribution in [0, 0.1) is 0 Å². The van der Waals surface area contributed by atoms with E-state index in [9.17, 15) is 4.79 Å². The van der Waals surface area contributed by atoms with Crippen molar-refractivity contribution in [3.8, 4) is 11.5 Å². The maximum Gasteiger partial charge on any atom is 0.277 e. The minimum atomic E-state index is -0.343. The zero-order valence-corrected chi connectivity index (χ0v) is 14.1. The van der Waals surface area contributed by atoms with Crippen LogP contribution >= 0.6 is 11.6 Å². The summed E-state index contributed by atoms with van der Waals surface area (Å²) in [4.78, 5) is 11.6. The van der Waals surface area contributed by atoms with Crippen molar-refractivity contribution in [2.24, 2.45) is 5.10 Å². The Labute approximate surface area is 146 Å². The van der Waals surface area contributed by atoms with E-state index >= 15 is 0 Å². The quantitative estimate of drug-likeness (QED) is 0.586. The maximum atomic E-state index is 11.6. The lowest BCUT2D eigenvalue weighted by atomic mass is 10.2. The van der Waals surface area contributed by atoms with Crippen LogP contribution in [-0.2, 0) is 4.79 Å². The van der Waals surface area contributed by atoms with Crippen molar-refractivity contribution in [3.05, 3.63) is 59.1 Å². The van der Waals surface area contributed by atoms with Gasteiger partial charge in [0.25, 0.3) is 5.91 Å². The number of ether oxygens (including phenoxy) is 2. The number of benzene rings is 2. The molecule has 0 spiro atoms. The highest BCUT2D eigenvalue weighted by molar-refractivity contribution is 6.30. The summed E-state index contributed by atoms with van der Waals surface area (Å²) in [6.07, 6.45) is 2.52. The van der Waals surface area contributed by atoms with Gasteiger partial charge in [0, 0.05) is 5.02 Å². The van der Waals surface area contributed by atoms with Crippen LogP contribution in [0.1, 0.15) is 18.9 Å². The number of nitrogens with one attached hydrogen (secondary N) is 1. The first-order valence-corrected chi connectivity index (χ1v) is 7.98. The molecule has 0 aromatic heterocycles. The van der Waals surface area contributed by atoms with Gasteiger partial charge in [-0.2, -0.15) is 5.10 Å². The molecule has 0 saturated carbocycles. The van der Waals surface area contributed by atoms with Crippen LogP contribution in [0.5, 0.6) is 11.5 Å². The number of hydrazone groups is 1. The van der Waals surface area contributed by atoms with Gasteiger partial charge in [-0.3, -0.25) is 4.79 Å². The first-order valence-electron chi connectivity index (χ1n) is 7.60. The summed E-state index contributed by atoms with van der Waals surface area (Å²) in [5, 5.41) is 4.51. The molecule has 0 radical (unpaired) electrons. The zero-order chi connectivity index (χ0) is 17.2. The Balaban J connectivity index is 1.74. The summed E-state index contributed by atoms with van der Waals surface area (Å²) in [7, 11) is 0. The number of rotatable bonds is 8. The van der Waals surface area contributed by atoms with Gasteiger partial charge in [-0.15, -0.1) is 0 Å². The number of nitrogens with zero attached hydrogens (tertiary/aromatic N) is 1. The molecule has 2 aromatic rings. The van der Waals surface area contributed by atoms with Gasteiger partial charge in [0.2, 0.25) is 0 Å². The molecular weight excluding hydrogens is 328 g/mol. The van der Waals surface area contributed by atoms with E-state index in [2.05, 4.69) is 17.5 Å². The standard InChI is InChI=1S/C18H19ClN2O3/c1-2-11-23-16-7-3-14(4-8-16)12-20-21-18(22)13-24-17-9-5-15(19)6-10-17/h3-10,12H,2,11,13H2,1H3,(H,21,22). The predicted octanol–water partition coefficient (Wildman–Crippen LogP) is 3.66. The molecule has 0 atom stereocenters. The molecule has 0 aliphatic heterocycles. The lowest BCUT2D eigenvalue weighted by molar-refractivity contribution is -0.123. The Bertz CT molecular complexity index is 670. The third kappa shape index (κ3) is 6.30. The fourth-order valence-corrected chi connectivity index (χ4v) is 1.89. The van der Waals surface area contributed by atoms with Gasteiger partial charge in [-0.05, 0) is 60.5 Å². The fourth-order valence-electron chi connectivity index (χ4n) is 1.76. The highest BCUT2D eigenvalue weighted by atomic mass is 35.5. The Kier molecular flexibility index (Phi) is 7.11. The lowest BCUT2D eigenvalue weighted by Gasteiger charge is -2.05. The van der Waals surface area contributed by atoms with Crippen LogP contribution in [0.25, 0.3) is 0 Å². The summed E-state index contributed by atoms with van der Waals surface area (Å²) in [5.41, 5.74) is 3.27. The van der Waals surface area contributed by atoms with E-state index < -0.39 is 0 Å². The molecule has 0 bridgehead atoms. The number of amides is 1. The molecule has 2 aromatic carbocycles. The summed E-state index contributed by atoms with van der Waals surface area (Å²) in [6.45, 7) is 2.63. The van der Waals surface area contributed by atoms with E-state index in [1.54, 1.807) is 30.5 Å². The molecule has 1 N–H and O–H groups in total. The fraction of sp³-hybridized carbons (Fsp3) is 0.222. The largest absolute Gasteiger partial charge is 0.494 e. The molecule has 126 valence electrons. The minimum Gasteiger partial charge on any atom is -0.494 e. The molecule has 0 fully saturated rings. The van der Waals surface area contributed by atoms with Crippen LogP contribution in [0.3, 0.4) is 0 Å². The van der Waals surface area contributed by atoms with Crippen LogP contribution in [0.2, 0.25) is 5.02 Å². The third-order valence-electron chi connectivity index (χ3n) is 2.94. The Morgan fingerprint density at radius 2 is 1.71 bits per heavy atom. The summed E-state index contributed by atoms with van der Waals surface area (Å²) in [5.74, 6) is 1.04.